The molecule has 0 saturated heterocycles. The monoisotopic (exact) mass is 278 g/mol. The molecule has 0 amide bonds. The van der Waals surface area contributed by atoms with E-state index in [1.54, 1.807) is 22.9 Å². The Morgan fingerprint density at radius 1 is 1.42 bits per heavy atom. The number of carbonyl (C=O) groups excluding carboxylic acids is 1. The maximum absolute atomic E-state index is 12.3. The number of ether oxygens (including phenoxy) is 1. The van der Waals surface area contributed by atoms with Gasteiger partial charge in [-0.05, 0) is 31.2 Å². The molecule has 2 rings (SSSR count). The molecule has 0 N–H and O–H groups in total. The molecule has 0 spiro atoms. The van der Waals surface area contributed by atoms with E-state index in [0.717, 1.165) is 11.4 Å². The van der Waals surface area contributed by atoms with E-state index >= 15 is 0 Å². The minimum atomic E-state index is -0.0395. The van der Waals surface area contributed by atoms with Gasteiger partial charge in [-0.3, -0.25) is 9.48 Å². The lowest BCUT2D eigenvalue weighted by atomic mass is 10.1. The molecule has 0 radical (unpaired) electrons. The molecule has 1 heterocycles. The fourth-order valence-corrected chi connectivity index (χ4v) is 2.16. The molecule has 0 unspecified atom stereocenters. The Morgan fingerprint density at radius 2 is 2.16 bits per heavy atom. The predicted molar refractivity (Wildman–Crippen MR) is 74.0 cm³/mol. The highest BCUT2D eigenvalue weighted by Gasteiger charge is 2.15. The number of aryl methyl sites for hydroxylation is 2. The maximum Gasteiger partial charge on any atom is 0.172 e. The zero-order chi connectivity index (χ0) is 14.0. The van der Waals surface area contributed by atoms with Gasteiger partial charge < -0.3 is 4.74 Å². The second kappa shape index (κ2) is 5.45. The Bertz CT molecular complexity index is 620. The van der Waals surface area contributed by atoms with Crippen molar-refractivity contribution in [2.24, 2.45) is 7.05 Å². The smallest absolute Gasteiger partial charge is 0.172 e. The molecule has 19 heavy (non-hydrogen) atoms. The number of Topliss-reactive ketones (excluding diaryl/α,β-unsaturated/α-hetero) is 1. The summed E-state index contributed by atoms with van der Waals surface area (Å²) in [5, 5.41) is 4.74. The first-order valence-electron chi connectivity index (χ1n) is 5.87. The number of carbonyl (C=O) groups is 1. The van der Waals surface area contributed by atoms with Crippen LogP contribution in [-0.2, 0) is 13.5 Å². The summed E-state index contributed by atoms with van der Waals surface area (Å²) in [6.07, 6.45) is 0.272. The van der Waals surface area contributed by atoms with Gasteiger partial charge in [-0.2, -0.15) is 5.10 Å². The van der Waals surface area contributed by atoms with Crippen LogP contribution >= 0.6 is 11.6 Å². The summed E-state index contributed by atoms with van der Waals surface area (Å²) >= 11 is 5.93. The number of methoxy groups -OCH3 is 1. The highest BCUT2D eigenvalue weighted by Crippen LogP contribution is 2.24. The second-order valence-corrected chi connectivity index (χ2v) is 4.78. The number of halogens is 1. The van der Waals surface area contributed by atoms with Crippen LogP contribution in [0.5, 0.6) is 5.75 Å². The summed E-state index contributed by atoms with van der Waals surface area (Å²) in [4.78, 5) is 12.3. The topological polar surface area (TPSA) is 44.1 Å². The Morgan fingerprint density at radius 3 is 2.74 bits per heavy atom. The van der Waals surface area contributed by atoms with Gasteiger partial charge in [0, 0.05) is 17.8 Å². The molecule has 0 aliphatic rings. The molecule has 0 atom stereocenters. The molecule has 5 heteroatoms. The molecular weight excluding hydrogens is 264 g/mol. The number of aromatic nitrogens is 2. The number of nitrogens with zero attached hydrogens (tertiary/aromatic N) is 2. The van der Waals surface area contributed by atoms with E-state index in [9.17, 15) is 4.79 Å². The van der Waals surface area contributed by atoms with Gasteiger partial charge in [0.05, 0.1) is 24.8 Å². The first kappa shape index (κ1) is 13.6. The standard InChI is InChI=1S/C14H15ClN2O2/c1-9-6-11(17(2)16-9)8-13(18)12-7-10(15)4-5-14(12)19-3/h4-7H,8H2,1-3H3. The molecule has 0 saturated carbocycles. The van der Waals surface area contributed by atoms with E-state index in [0.29, 0.717) is 16.3 Å². The van der Waals surface area contributed by atoms with E-state index in [1.165, 1.54) is 7.11 Å². The first-order chi connectivity index (χ1) is 9.01. The summed E-state index contributed by atoms with van der Waals surface area (Å²) in [5.74, 6) is 0.496. The third kappa shape index (κ3) is 2.96. The average Bonchev–Trinajstić information content (AvgIpc) is 2.67. The summed E-state index contributed by atoms with van der Waals surface area (Å²) < 4.78 is 6.91. The van der Waals surface area contributed by atoms with Crippen molar-refractivity contribution in [1.29, 1.82) is 0 Å². The van der Waals surface area contributed by atoms with Gasteiger partial charge in [0.15, 0.2) is 5.78 Å². The Balaban J connectivity index is 2.29. The van der Waals surface area contributed by atoms with Gasteiger partial charge in [0.1, 0.15) is 5.75 Å². The highest BCUT2D eigenvalue weighted by atomic mass is 35.5. The van der Waals surface area contributed by atoms with Gasteiger partial charge in [0.2, 0.25) is 0 Å². The number of rotatable bonds is 4. The summed E-state index contributed by atoms with van der Waals surface area (Å²) in [6, 6.07) is 6.93. The van der Waals surface area contributed by atoms with Crippen molar-refractivity contribution in [3.8, 4) is 5.75 Å². The molecule has 0 aliphatic carbocycles. The van der Waals surface area contributed by atoms with E-state index in [4.69, 9.17) is 16.3 Å². The highest BCUT2D eigenvalue weighted by molar-refractivity contribution is 6.31. The minimum Gasteiger partial charge on any atom is -0.496 e. The van der Waals surface area contributed by atoms with Crippen LogP contribution in [0.2, 0.25) is 5.02 Å². The lowest BCUT2D eigenvalue weighted by Crippen LogP contribution is -2.09. The zero-order valence-electron chi connectivity index (χ0n) is 11.1. The molecule has 0 aliphatic heterocycles. The van der Waals surface area contributed by atoms with E-state index in [-0.39, 0.29) is 12.2 Å². The number of hydrogen-bond acceptors (Lipinski definition) is 3. The largest absolute Gasteiger partial charge is 0.496 e. The second-order valence-electron chi connectivity index (χ2n) is 4.35. The van der Waals surface area contributed by atoms with Crippen LogP contribution in [0.15, 0.2) is 24.3 Å². The van der Waals surface area contributed by atoms with Gasteiger partial charge in [-0.1, -0.05) is 11.6 Å². The van der Waals surface area contributed by atoms with Crippen LogP contribution < -0.4 is 4.74 Å². The van der Waals surface area contributed by atoms with Crippen molar-refractivity contribution in [2.75, 3.05) is 7.11 Å². The average molecular weight is 279 g/mol. The molecule has 2 aromatic rings. The van der Waals surface area contributed by atoms with Crippen LogP contribution in [0, 0.1) is 6.92 Å². The van der Waals surface area contributed by atoms with Crippen LogP contribution in [0.3, 0.4) is 0 Å². The molecule has 0 fully saturated rings. The minimum absolute atomic E-state index is 0.0395. The van der Waals surface area contributed by atoms with Gasteiger partial charge in [-0.25, -0.2) is 0 Å². The van der Waals surface area contributed by atoms with Crippen molar-refractivity contribution in [2.45, 2.75) is 13.3 Å². The number of benzene rings is 1. The lowest BCUT2D eigenvalue weighted by Gasteiger charge is -2.08. The van der Waals surface area contributed by atoms with Crippen LogP contribution in [-0.4, -0.2) is 22.7 Å². The van der Waals surface area contributed by atoms with Gasteiger partial charge in [0.25, 0.3) is 0 Å². The maximum atomic E-state index is 12.3. The third-order valence-electron chi connectivity index (χ3n) is 2.90. The lowest BCUT2D eigenvalue weighted by molar-refractivity contribution is 0.0988. The van der Waals surface area contributed by atoms with E-state index < -0.39 is 0 Å². The van der Waals surface area contributed by atoms with Crippen molar-refractivity contribution in [3.05, 3.63) is 46.2 Å². The third-order valence-corrected chi connectivity index (χ3v) is 3.14. The van der Waals surface area contributed by atoms with E-state index in [1.807, 2.05) is 20.0 Å². The van der Waals surface area contributed by atoms with Crippen molar-refractivity contribution in [3.63, 3.8) is 0 Å². The van der Waals surface area contributed by atoms with Crippen molar-refractivity contribution >= 4 is 17.4 Å². The molecule has 1 aromatic heterocycles. The molecule has 0 bridgehead atoms. The molecule has 100 valence electrons. The normalized spacial score (nSPS) is 10.5. The number of hydrogen-bond donors (Lipinski definition) is 0. The van der Waals surface area contributed by atoms with Gasteiger partial charge >= 0.3 is 0 Å². The molecular formula is C14H15ClN2O2. The zero-order valence-corrected chi connectivity index (χ0v) is 11.9. The SMILES string of the molecule is COc1ccc(Cl)cc1C(=O)Cc1cc(C)nn1C. The van der Waals surface area contributed by atoms with Gasteiger partial charge in [-0.15, -0.1) is 0 Å². The molecule has 4 nitrogen and oxygen atoms in total. The fourth-order valence-electron chi connectivity index (χ4n) is 1.99. The van der Waals surface area contributed by atoms with Crippen molar-refractivity contribution in [1.82, 2.24) is 9.78 Å². The van der Waals surface area contributed by atoms with Crippen LogP contribution in [0.1, 0.15) is 21.7 Å². The summed E-state index contributed by atoms with van der Waals surface area (Å²) in [6.45, 7) is 1.90. The summed E-state index contributed by atoms with van der Waals surface area (Å²) in [7, 11) is 3.36. The Hall–Kier alpha value is -1.81. The quantitative estimate of drug-likeness (QED) is 0.808. The predicted octanol–water partition coefficient (Wildman–Crippen LogP) is 2.82. The summed E-state index contributed by atoms with van der Waals surface area (Å²) in [5.41, 5.74) is 2.25. The van der Waals surface area contributed by atoms with E-state index in [2.05, 4.69) is 5.10 Å². The Kier molecular flexibility index (Phi) is 3.90. The van der Waals surface area contributed by atoms with Crippen LogP contribution in [0.4, 0.5) is 0 Å². The first-order valence-corrected chi connectivity index (χ1v) is 6.25. The van der Waals surface area contributed by atoms with Crippen molar-refractivity contribution < 1.29 is 9.53 Å². The van der Waals surface area contributed by atoms with Crippen LogP contribution in [0.25, 0.3) is 0 Å². The fraction of sp³-hybridized carbons (Fsp3) is 0.286. The Labute approximate surface area is 116 Å². The molecule has 1 aromatic carbocycles. The number of ketones is 1.